The Balaban J connectivity index is 1.58. The van der Waals surface area contributed by atoms with Gasteiger partial charge in [0.15, 0.2) is 5.78 Å². The molecule has 7 nitrogen and oxygen atoms in total. The largest absolute Gasteiger partial charge is 0.379 e. The molecule has 0 aromatic carbocycles. The summed E-state index contributed by atoms with van der Waals surface area (Å²) in [5.41, 5.74) is 1.62. The van der Waals surface area contributed by atoms with Gasteiger partial charge in [0.1, 0.15) is 10.0 Å². The van der Waals surface area contributed by atoms with Crippen LogP contribution >= 0.6 is 11.3 Å². The maximum atomic E-state index is 12.8. The zero-order valence-electron chi connectivity index (χ0n) is 21.7. The summed E-state index contributed by atoms with van der Waals surface area (Å²) in [7, 11) is 0. The van der Waals surface area contributed by atoms with Gasteiger partial charge in [-0.15, -0.1) is 10.2 Å². The van der Waals surface area contributed by atoms with E-state index in [1.165, 1.54) is 17.5 Å². The summed E-state index contributed by atoms with van der Waals surface area (Å²) in [6.07, 6.45) is 2.80. The van der Waals surface area contributed by atoms with E-state index in [0.29, 0.717) is 21.6 Å². The Kier molecular flexibility index (Phi) is 2.94. The molecule has 0 unspecified atom stereocenters. The SMILES string of the molecule is [2H]C1([2H])OC([2H])([2H])C([2H])([2H])N(CC(=O)Cc2cc3cc(-c4nnc(C)s4)cnc3cn2)C1([2H])[2H]. The predicted octanol–water partition coefficient (Wildman–Crippen LogP) is 1.90. The lowest BCUT2D eigenvalue weighted by molar-refractivity contribution is -0.120. The number of morpholine rings is 1. The van der Waals surface area contributed by atoms with E-state index >= 15 is 0 Å². The molecule has 0 bridgehead atoms. The van der Waals surface area contributed by atoms with Gasteiger partial charge in [-0.3, -0.25) is 19.7 Å². The van der Waals surface area contributed by atoms with Gasteiger partial charge in [-0.1, -0.05) is 11.3 Å². The lowest BCUT2D eigenvalue weighted by Gasteiger charge is -2.25. The van der Waals surface area contributed by atoms with Crippen LogP contribution in [-0.2, 0) is 16.0 Å². The molecule has 3 aromatic rings. The Morgan fingerprint density at radius 3 is 2.88 bits per heavy atom. The third-order valence-electron chi connectivity index (χ3n) is 3.57. The van der Waals surface area contributed by atoms with Crippen LogP contribution in [0.25, 0.3) is 21.5 Å². The quantitative estimate of drug-likeness (QED) is 0.672. The highest BCUT2D eigenvalue weighted by molar-refractivity contribution is 7.14. The van der Waals surface area contributed by atoms with Gasteiger partial charge >= 0.3 is 0 Å². The Morgan fingerprint density at radius 2 is 2.12 bits per heavy atom. The lowest BCUT2D eigenvalue weighted by atomic mass is 10.1. The van der Waals surface area contributed by atoms with E-state index in [0.717, 1.165) is 10.6 Å². The molecule has 3 aromatic heterocycles. The molecule has 26 heavy (non-hydrogen) atoms. The first kappa shape index (κ1) is 10.1. The molecule has 1 saturated heterocycles. The number of ether oxygens (including phenoxy) is 1. The highest BCUT2D eigenvalue weighted by Gasteiger charge is 2.15. The number of carbonyl (C=O) groups is 1. The number of aromatic nitrogens is 4. The second-order valence-electron chi connectivity index (χ2n) is 5.55. The van der Waals surface area contributed by atoms with Crippen LogP contribution in [0.1, 0.15) is 21.7 Å². The van der Waals surface area contributed by atoms with Gasteiger partial charge in [0, 0.05) is 41.3 Å². The molecule has 4 rings (SSSR count). The van der Waals surface area contributed by atoms with Gasteiger partial charge in [-0.05, 0) is 19.1 Å². The topological polar surface area (TPSA) is 81.1 Å². The highest BCUT2D eigenvalue weighted by atomic mass is 32.1. The van der Waals surface area contributed by atoms with E-state index in [1.54, 1.807) is 12.3 Å². The van der Waals surface area contributed by atoms with Crippen molar-refractivity contribution in [3.8, 4) is 10.6 Å². The van der Waals surface area contributed by atoms with Crippen LogP contribution in [0.3, 0.4) is 0 Å². The molecule has 0 amide bonds. The molecule has 0 spiro atoms. The van der Waals surface area contributed by atoms with Crippen molar-refractivity contribution in [1.82, 2.24) is 25.1 Å². The molecule has 1 aliphatic rings. The third kappa shape index (κ3) is 3.92. The molecule has 1 aliphatic heterocycles. The highest BCUT2D eigenvalue weighted by Crippen LogP contribution is 2.25. The summed E-state index contributed by atoms with van der Waals surface area (Å²) in [6.45, 7) is -11.7. The summed E-state index contributed by atoms with van der Waals surface area (Å²) < 4.78 is 67.4. The number of carbonyl (C=O) groups excluding carboxylic acids is 1. The normalized spacial score (nSPS) is 27.7. The minimum Gasteiger partial charge on any atom is -0.379 e. The van der Waals surface area contributed by atoms with Gasteiger partial charge < -0.3 is 4.74 Å². The van der Waals surface area contributed by atoms with Crippen LogP contribution in [0.5, 0.6) is 0 Å². The number of pyridine rings is 2. The van der Waals surface area contributed by atoms with Crippen molar-refractivity contribution in [2.24, 2.45) is 0 Å². The van der Waals surface area contributed by atoms with Crippen LogP contribution in [0.2, 0.25) is 0 Å². The maximum absolute atomic E-state index is 12.8. The van der Waals surface area contributed by atoms with E-state index in [-0.39, 0.29) is 11.3 Å². The van der Waals surface area contributed by atoms with Crippen molar-refractivity contribution < 1.29 is 20.5 Å². The minimum absolute atomic E-state index is 0.227. The van der Waals surface area contributed by atoms with Crippen LogP contribution in [0.15, 0.2) is 24.5 Å². The Hall–Kier alpha value is -2.29. The molecule has 0 radical (unpaired) electrons. The van der Waals surface area contributed by atoms with Crippen molar-refractivity contribution in [1.29, 1.82) is 0 Å². The molecule has 0 N–H and O–H groups in total. The van der Waals surface area contributed by atoms with Gasteiger partial charge in [0.05, 0.1) is 43.3 Å². The van der Waals surface area contributed by atoms with Gasteiger partial charge in [-0.2, -0.15) is 0 Å². The molecule has 1 fully saturated rings. The Morgan fingerprint density at radius 1 is 1.27 bits per heavy atom. The molecular weight excluding hydrogens is 350 g/mol. The zero-order chi connectivity index (χ0) is 25.1. The number of ketones is 1. The predicted molar refractivity (Wildman–Crippen MR) is 99.1 cm³/mol. The van der Waals surface area contributed by atoms with Crippen LogP contribution in [0, 0.1) is 6.92 Å². The molecule has 0 aliphatic carbocycles. The van der Waals surface area contributed by atoms with E-state index in [2.05, 4.69) is 24.9 Å². The standard InChI is InChI=1S/C18H19N5O2S/c1-12-21-22-18(26-12)14-6-13-7-15(19-10-17(13)20-9-14)8-16(24)11-23-2-4-25-5-3-23/h6-7,9-10H,2-5,8,11H2,1H3/i2D2,3D2,4D2,5D2. The molecule has 0 saturated carbocycles. The number of hydrogen-bond donors (Lipinski definition) is 0. The first-order valence-electron chi connectivity index (χ1n) is 11.7. The summed E-state index contributed by atoms with van der Waals surface area (Å²) in [5, 5.41) is 10.2. The van der Waals surface area contributed by atoms with Crippen LogP contribution in [0.4, 0.5) is 0 Å². The second kappa shape index (κ2) is 7.53. The van der Waals surface area contributed by atoms with Crippen LogP contribution in [-0.4, -0.2) is 63.5 Å². The van der Waals surface area contributed by atoms with E-state index in [1.807, 2.05) is 13.0 Å². The summed E-state index contributed by atoms with van der Waals surface area (Å²) in [5.74, 6) is -0.683. The average Bonchev–Trinajstić information content (AvgIpc) is 3.16. The van der Waals surface area contributed by atoms with E-state index in [9.17, 15) is 4.79 Å². The van der Waals surface area contributed by atoms with Crippen molar-refractivity contribution in [2.45, 2.75) is 13.3 Å². The Labute approximate surface area is 166 Å². The fraction of sp³-hybridized carbons (Fsp3) is 0.389. The smallest absolute Gasteiger partial charge is 0.152 e. The van der Waals surface area contributed by atoms with E-state index < -0.39 is 38.4 Å². The fourth-order valence-corrected chi connectivity index (χ4v) is 3.10. The van der Waals surface area contributed by atoms with Crippen molar-refractivity contribution in [3.63, 3.8) is 0 Å². The first-order chi connectivity index (χ1) is 15.6. The second-order valence-corrected chi connectivity index (χ2v) is 6.73. The summed E-state index contributed by atoms with van der Waals surface area (Å²) in [4.78, 5) is 21.5. The molecule has 134 valence electrons. The van der Waals surface area contributed by atoms with Gasteiger partial charge in [0.25, 0.3) is 0 Å². The van der Waals surface area contributed by atoms with Gasteiger partial charge in [0.2, 0.25) is 0 Å². The fourth-order valence-electron chi connectivity index (χ4n) is 2.43. The molecule has 0 atom stereocenters. The monoisotopic (exact) mass is 377 g/mol. The molecule has 8 heteroatoms. The average molecular weight is 377 g/mol. The zero-order valence-corrected chi connectivity index (χ0v) is 14.5. The number of Topliss-reactive ketones (excluding diaryl/α,β-unsaturated/α-hetero) is 1. The lowest BCUT2D eigenvalue weighted by Crippen LogP contribution is -2.39. The number of aryl methyl sites for hydroxylation is 1. The van der Waals surface area contributed by atoms with E-state index in [4.69, 9.17) is 11.0 Å². The Bertz CT molecular complexity index is 1240. The number of rotatable bonds is 5. The number of fused-ring (bicyclic) bond motifs is 1. The number of hydrogen-bond acceptors (Lipinski definition) is 8. The minimum atomic E-state index is -3.20. The van der Waals surface area contributed by atoms with Crippen molar-refractivity contribution in [2.75, 3.05) is 32.7 Å². The molecule has 4 heterocycles. The van der Waals surface area contributed by atoms with Crippen molar-refractivity contribution in [3.05, 3.63) is 35.2 Å². The summed E-state index contributed by atoms with van der Waals surface area (Å²) in [6, 6.07) is 3.44. The third-order valence-corrected chi connectivity index (χ3v) is 4.46. The maximum Gasteiger partial charge on any atom is 0.152 e. The summed E-state index contributed by atoms with van der Waals surface area (Å²) >= 11 is 1.40. The number of nitrogens with zero attached hydrogens (tertiary/aromatic N) is 5. The van der Waals surface area contributed by atoms with Crippen molar-refractivity contribution >= 4 is 28.0 Å². The van der Waals surface area contributed by atoms with Crippen LogP contribution < -0.4 is 0 Å². The molecular formula is C18H19N5O2S. The van der Waals surface area contributed by atoms with Gasteiger partial charge in [-0.25, -0.2) is 0 Å². The first-order valence-corrected chi connectivity index (χ1v) is 8.50.